The number of carbonyl (C=O) groups excluding carboxylic acids is 1. The molecule has 6 nitrogen and oxygen atoms in total. The van der Waals surface area contributed by atoms with E-state index in [2.05, 4.69) is 37.1 Å². The maximum Gasteiger partial charge on any atom is 0.251 e. The van der Waals surface area contributed by atoms with Gasteiger partial charge in [0.2, 0.25) is 0 Å². The van der Waals surface area contributed by atoms with E-state index in [9.17, 15) is 9.90 Å². The van der Waals surface area contributed by atoms with Crippen LogP contribution in [0.15, 0.2) is 42.5 Å². The Hall–Kier alpha value is -2.75. The van der Waals surface area contributed by atoms with E-state index < -0.39 is 11.1 Å². The summed E-state index contributed by atoms with van der Waals surface area (Å²) in [4.78, 5) is 15.5. The van der Waals surface area contributed by atoms with Crippen LogP contribution >= 0.6 is 11.6 Å². The molecule has 2 N–H and O–H groups in total. The third kappa shape index (κ3) is 4.60. The van der Waals surface area contributed by atoms with Gasteiger partial charge in [0.1, 0.15) is 17.4 Å². The number of nitriles is 1. The number of nitrogens with one attached hydrogen (secondary N) is 1. The quantitative estimate of drug-likeness (QED) is 0.577. The number of anilines is 1. The molecule has 2 aromatic rings. The molecule has 2 fully saturated rings. The Morgan fingerprint density at radius 3 is 2.37 bits per heavy atom. The molecule has 1 saturated carbocycles. The molecular weight excluding hydrogens is 462 g/mol. The lowest BCUT2D eigenvalue weighted by Gasteiger charge is -2.65. The first kappa shape index (κ1) is 25.3. The highest BCUT2D eigenvalue weighted by atomic mass is 35.5. The average molecular weight is 496 g/mol. The second-order valence-corrected chi connectivity index (χ2v) is 11.2. The van der Waals surface area contributed by atoms with E-state index in [0.29, 0.717) is 34.2 Å². The minimum Gasteiger partial charge on any atom is -0.487 e. The number of hydrogen-bond donors (Lipinski definition) is 2. The molecule has 2 atom stereocenters. The van der Waals surface area contributed by atoms with Gasteiger partial charge in [-0.25, -0.2) is 0 Å². The summed E-state index contributed by atoms with van der Waals surface area (Å²) in [5.41, 5.74) is 0.804. The number of carbonyl (C=O) groups is 1. The summed E-state index contributed by atoms with van der Waals surface area (Å²) in [5, 5.41) is 22.1. The number of amides is 1. The second-order valence-electron chi connectivity index (χ2n) is 10.8. The van der Waals surface area contributed by atoms with Crippen molar-refractivity contribution in [2.45, 2.75) is 58.1 Å². The molecule has 0 spiro atoms. The number of aliphatic hydroxyl groups excluding tert-OH is 1. The first-order valence-electron chi connectivity index (χ1n) is 12.2. The van der Waals surface area contributed by atoms with Crippen LogP contribution in [0.2, 0.25) is 5.02 Å². The number of aliphatic hydroxyl groups is 1. The van der Waals surface area contributed by atoms with E-state index in [1.165, 1.54) is 0 Å². The number of benzene rings is 2. The van der Waals surface area contributed by atoms with Crippen molar-refractivity contribution in [3.8, 4) is 11.8 Å². The number of nitrogens with zero attached hydrogens (tertiary/aromatic N) is 2. The highest BCUT2D eigenvalue weighted by Gasteiger charge is 2.67. The van der Waals surface area contributed by atoms with Gasteiger partial charge in [0.05, 0.1) is 16.1 Å². The average Bonchev–Trinajstić information content (AvgIpc) is 2.84. The van der Waals surface area contributed by atoms with Crippen LogP contribution in [0.25, 0.3) is 0 Å². The van der Waals surface area contributed by atoms with Crippen molar-refractivity contribution in [2.75, 3.05) is 24.6 Å². The van der Waals surface area contributed by atoms with E-state index in [1.54, 1.807) is 18.2 Å². The van der Waals surface area contributed by atoms with Crippen LogP contribution in [0.4, 0.5) is 5.69 Å². The van der Waals surface area contributed by atoms with Gasteiger partial charge in [-0.05, 0) is 69.0 Å². The summed E-state index contributed by atoms with van der Waals surface area (Å²) in [7, 11) is 0. The Morgan fingerprint density at radius 1 is 1.17 bits per heavy atom. The van der Waals surface area contributed by atoms with Gasteiger partial charge < -0.3 is 20.1 Å². The minimum absolute atomic E-state index is 0.102. The van der Waals surface area contributed by atoms with Gasteiger partial charge in [-0.3, -0.25) is 4.79 Å². The zero-order valence-corrected chi connectivity index (χ0v) is 21.7. The monoisotopic (exact) mass is 495 g/mol. The predicted octanol–water partition coefficient (Wildman–Crippen LogP) is 5.18. The standard InChI is InChI=1S/C28H34ClN3O3/c1-26(2)27(3,18-28(26,4)35-23-10-7-21(16-30)24(29)15-23)31-25(34)20-5-8-22(9-6-20)32-13-11-19(17-33)12-14-32/h5-10,15,19,33H,11-14,17-18H2,1-4H3,(H,31,34). The SMILES string of the molecule is CC1(NC(=O)c2ccc(N3CCC(CO)CC3)cc2)CC(C)(Oc2ccc(C#N)c(Cl)c2)C1(C)C. The summed E-state index contributed by atoms with van der Waals surface area (Å²) in [6.07, 6.45) is 2.61. The van der Waals surface area contributed by atoms with E-state index in [0.717, 1.165) is 31.6 Å². The molecule has 0 radical (unpaired) electrons. The molecule has 0 bridgehead atoms. The third-order valence-corrected chi connectivity index (χ3v) is 8.87. The molecule has 2 unspecified atom stereocenters. The summed E-state index contributed by atoms with van der Waals surface area (Å²) in [5.74, 6) is 0.901. The smallest absolute Gasteiger partial charge is 0.251 e. The van der Waals surface area contributed by atoms with Crippen LogP contribution < -0.4 is 15.0 Å². The van der Waals surface area contributed by atoms with Crippen molar-refractivity contribution in [2.24, 2.45) is 11.3 Å². The lowest BCUT2D eigenvalue weighted by atomic mass is 9.48. The largest absolute Gasteiger partial charge is 0.487 e. The maximum absolute atomic E-state index is 13.2. The van der Waals surface area contributed by atoms with Gasteiger partial charge in [-0.15, -0.1) is 0 Å². The number of piperidine rings is 1. The van der Waals surface area contributed by atoms with Crippen molar-refractivity contribution in [1.29, 1.82) is 5.26 Å². The zero-order chi connectivity index (χ0) is 25.4. The summed E-state index contributed by atoms with van der Waals surface area (Å²) in [6, 6.07) is 14.9. The fourth-order valence-corrected chi connectivity index (χ4v) is 5.60. The molecule has 1 amide bonds. The second kappa shape index (κ2) is 9.37. The van der Waals surface area contributed by atoms with Crippen molar-refractivity contribution >= 4 is 23.2 Å². The van der Waals surface area contributed by atoms with E-state index in [4.69, 9.17) is 21.6 Å². The zero-order valence-electron chi connectivity index (χ0n) is 20.9. The van der Waals surface area contributed by atoms with Gasteiger partial charge in [-0.2, -0.15) is 5.26 Å². The molecule has 1 aliphatic heterocycles. The molecule has 4 rings (SSSR count). The third-order valence-electron chi connectivity index (χ3n) is 8.55. The Kier molecular flexibility index (Phi) is 6.78. The number of hydrogen-bond acceptors (Lipinski definition) is 5. The first-order valence-corrected chi connectivity index (χ1v) is 12.6. The van der Waals surface area contributed by atoms with Crippen LogP contribution in [0, 0.1) is 22.7 Å². The fourth-order valence-electron chi connectivity index (χ4n) is 5.39. The Bertz CT molecular complexity index is 1140. The van der Waals surface area contributed by atoms with Crippen LogP contribution in [0.3, 0.4) is 0 Å². The van der Waals surface area contributed by atoms with Crippen molar-refractivity contribution in [1.82, 2.24) is 5.32 Å². The van der Waals surface area contributed by atoms with Crippen LogP contribution in [-0.2, 0) is 0 Å². The topological polar surface area (TPSA) is 85.6 Å². The molecule has 2 aliphatic rings. The van der Waals surface area contributed by atoms with Gasteiger partial charge in [0, 0.05) is 48.8 Å². The van der Waals surface area contributed by atoms with E-state index in [1.807, 2.05) is 31.2 Å². The maximum atomic E-state index is 13.2. The van der Waals surface area contributed by atoms with Crippen LogP contribution in [-0.4, -0.2) is 41.9 Å². The highest BCUT2D eigenvalue weighted by Crippen LogP contribution is 2.58. The van der Waals surface area contributed by atoms with Gasteiger partial charge in [0.25, 0.3) is 5.91 Å². The van der Waals surface area contributed by atoms with Gasteiger partial charge in [0.15, 0.2) is 0 Å². The molecule has 1 saturated heterocycles. The summed E-state index contributed by atoms with van der Waals surface area (Å²) in [6.45, 7) is 10.4. The van der Waals surface area contributed by atoms with Gasteiger partial charge >= 0.3 is 0 Å². The van der Waals surface area contributed by atoms with Crippen molar-refractivity contribution < 1.29 is 14.6 Å². The van der Waals surface area contributed by atoms with E-state index >= 15 is 0 Å². The normalized spacial score (nSPS) is 25.9. The minimum atomic E-state index is -0.517. The Balaban J connectivity index is 1.40. The predicted molar refractivity (Wildman–Crippen MR) is 138 cm³/mol. The number of halogens is 1. The van der Waals surface area contributed by atoms with Crippen LogP contribution in [0.1, 0.15) is 62.9 Å². The highest BCUT2D eigenvalue weighted by molar-refractivity contribution is 6.31. The van der Waals surface area contributed by atoms with Crippen LogP contribution in [0.5, 0.6) is 5.75 Å². The van der Waals surface area contributed by atoms with Crippen molar-refractivity contribution in [3.63, 3.8) is 0 Å². The Morgan fingerprint density at radius 2 is 1.83 bits per heavy atom. The molecule has 186 valence electrons. The lowest BCUT2D eigenvalue weighted by molar-refractivity contribution is -0.180. The molecule has 7 heteroatoms. The molecule has 35 heavy (non-hydrogen) atoms. The fraction of sp³-hybridized carbons (Fsp3) is 0.500. The molecule has 1 aliphatic carbocycles. The number of rotatable bonds is 6. The first-order chi connectivity index (χ1) is 16.5. The molecule has 1 heterocycles. The van der Waals surface area contributed by atoms with Crippen molar-refractivity contribution in [3.05, 3.63) is 58.6 Å². The molecule has 0 aromatic heterocycles. The van der Waals surface area contributed by atoms with E-state index in [-0.39, 0.29) is 17.9 Å². The summed E-state index contributed by atoms with van der Waals surface area (Å²) >= 11 is 6.18. The Labute approximate surface area is 212 Å². The van der Waals surface area contributed by atoms with Gasteiger partial charge in [-0.1, -0.05) is 25.4 Å². The molecular formula is C28H34ClN3O3. The molecule has 2 aromatic carbocycles. The lowest BCUT2D eigenvalue weighted by Crippen LogP contribution is -2.77. The number of ether oxygens (including phenoxy) is 1. The summed E-state index contributed by atoms with van der Waals surface area (Å²) < 4.78 is 6.35.